The molecule has 1 amide bonds. The molecule has 0 bridgehead atoms. The molecule has 1 aromatic heterocycles. The molecular weight excluding hydrogens is 468 g/mol. The van der Waals surface area contributed by atoms with Gasteiger partial charge in [0.1, 0.15) is 16.9 Å². The van der Waals surface area contributed by atoms with Gasteiger partial charge >= 0.3 is 0 Å². The van der Waals surface area contributed by atoms with Crippen LogP contribution in [0.15, 0.2) is 36.4 Å². The second-order valence-corrected chi connectivity index (χ2v) is 9.89. The summed E-state index contributed by atoms with van der Waals surface area (Å²) in [6.07, 6.45) is 2.56. The second kappa shape index (κ2) is 10.3. The van der Waals surface area contributed by atoms with E-state index in [1.165, 1.54) is 16.3 Å². The maximum absolute atomic E-state index is 11.6. The van der Waals surface area contributed by atoms with Crippen molar-refractivity contribution in [3.05, 3.63) is 52.5 Å². The molecule has 5 rings (SSSR count). The largest absolute Gasteiger partial charge is 0.353 e. The van der Waals surface area contributed by atoms with Gasteiger partial charge in [0, 0.05) is 55.1 Å². The Morgan fingerprint density at radius 3 is 2.69 bits per heavy atom. The minimum Gasteiger partial charge on any atom is -0.353 e. The number of benzene rings is 2. The molecule has 2 aromatic carbocycles. The van der Waals surface area contributed by atoms with Gasteiger partial charge in [-0.1, -0.05) is 29.8 Å². The predicted molar refractivity (Wildman–Crippen MR) is 132 cm³/mol. The third kappa shape index (κ3) is 5.47. The normalized spacial score (nSPS) is 17.0. The Bertz CT molecular complexity index is 1140. The molecule has 3 aromatic rings. The molecule has 2 aliphatic heterocycles. The molecule has 1 saturated heterocycles. The fourth-order valence-corrected chi connectivity index (χ4v) is 5.11. The number of hydrogen-bond acceptors (Lipinski definition) is 6. The molecule has 0 saturated carbocycles. The number of anilines is 2. The van der Waals surface area contributed by atoms with Crippen molar-refractivity contribution < 1.29 is 13.6 Å². The van der Waals surface area contributed by atoms with Crippen molar-refractivity contribution in [3.63, 3.8) is 0 Å². The number of piperazine rings is 1. The number of nitrogens with one attached hydrogen (secondary N) is 1. The summed E-state index contributed by atoms with van der Waals surface area (Å²) in [4.78, 5) is 16.4. The van der Waals surface area contributed by atoms with Gasteiger partial charge in [-0.05, 0) is 47.3 Å². The van der Waals surface area contributed by atoms with E-state index in [0.29, 0.717) is 6.42 Å². The molecule has 10 heteroatoms. The number of nitrogens with zero attached hydrogens (tertiary/aromatic N) is 3. The van der Waals surface area contributed by atoms with Crippen molar-refractivity contribution in [1.82, 2.24) is 9.27 Å². The van der Waals surface area contributed by atoms with Crippen LogP contribution in [0.5, 0.6) is 0 Å². The summed E-state index contributed by atoms with van der Waals surface area (Å²) < 4.78 is 22.6. The van der Waals surface area contributed by atoms with Crippen molar-refractivity contribution in [2.75, 3.05) is 49.2 Å². The highest BCUT2D eigenvalue weighted by Crippen LogP contribution is 2.31. The summed E-state index contributed by atoms with van der Waals surface area (Å²) in [5, 5.41) is 4.86. The van der Waals surface area contributed by atoms with Crippen LogP contribution in [0.25, 0.3) is 10.1 Å². The Morgan fingerprint density at radius 2 is 1.94 bits per heavy atom. The Kier molecular flexibility index (Phi) is 7.42. The zero-order chi connectivity index (χ0) is 22.7. The number of halogens is 1. The van der Waals surface area contributed by atoms with Crippen LogP contribution in [-0.2, 0) is 28.7 Å². The van der Waals surface area contributed by atoms with Crippen LogP contribution in [0.2, 0.25) is 5.02 Å². The first kappa shape index (κ1) is 23.1. The van der Waals surface area contributed by atoms with Crippen LogP contribution < -0.4 is 10.2 Å². The van der Waals surface area contributed by atoms with Crippen LogP contribution in [0.1, 0.15) is 11.1 Å². The van der Waals surface area contributed by atoms with E-state index in [0.717, 1.165) is 66.8 Å². The van der Waals surface area contributed by atoms with Crippen LogP contribution >= 0.6 is 23.1 Å². The van der Waals surface area contributed by atoms with E-state index in [-0.39, 0.29) is 5.91 Å². The van der Waals surface area contributed by atoms with Crippen LogP contribution in [0, 0.1) is 0 Å². The minimum absolute atomic E-state index is 0.0499. The second-order valence-electron chi connectivity index (χ2n) is 7.83. The van der Waals surface area contributed by atoms with Crippen LogP contribution in [0.4, 0.5) is 11.5 Å². The number of hydrogen-bond donors (Lipinski definition) is 2. The fourth-order valence-electron chi connectivity index (χ4n) is 4.05. The molecule has 7 nitrogen and oxygen atoms in total. The molecule has 32 heavy (non-hydrogen) atoms. The number of carbonyl (C=O) groups is 1. The summed E-state index contributed by atoms with van der Waals surface area (Å²) in [6.45, 7) is 5.00. The van der Waals surface area contributed by atoms with E-state index in [1.54, 1.807) is 11.5 Å². The molecule has 0 radical (unpaired) electrons. The summed E-state index contributed by atoms with van der Waals surface area (Å²) >= 11 is 6.40. The molecule has 1 fully saturated rings. The van der Waals surface area contributed by atoms with E-state index >= 15 is 0 Å². The van der Waals surface area contributed by atoms with Crippen molar-refractivity contribution in [2.24, 2.45) is 0 Å². The van der Waals surface area contributed by atoms with Gasteiger partial charge < -0.3 is 14.8 Å². The van der Waals surface area contributed by atoms with Crippen molar-refractivity contribution in [1.29, 1.82) is 0 Å². The number of carbonyl (C=O) groups excluding carboxylic acids is 1. The average molecular weight is 493 g/mol. The summed E-state index contributed by atoms with van der Waals surface area (Å²) in [5.41, 5.74) is 3.05. The highest BCUT2D eigenvalue weighted by Gasteiger charge is 2.22. The SMILES string of the molecule is CS(=O)O.O=C1Cc2cc(CCN3CCN(c4nsc5ccccc45)CC3)c(Cl)cc2N1. The van der Waals surface area contributed by atoms with Crippen LogP contribution in [-0.4, -0.2) is 62.9 Å². The van der Waals surface area contributed by atoms with Gasteiger partial charge in [-0.15, -0.1) is 0 Å². The monoisotopic (exact) mass is 492 g/mol. The van der Waals surface area contributed by atoms with E-state index in [9.17, 15) is 4.79 Å². The molecule has 1 atom stereocenters. The molecule has 0 spiro atoms. The summed E-state index contributed by atoms with van der Waals surface area (Å²) in [6, 6.07) is 12.4. The maximum Gasteiger partial charge on any atom is 0.228 e. The van der Waals surface area contributed by atoms with Gasteiger partial charge in [0.05, 0.1) is 11.1 Å². The van der Waals surface area contributed by atoms with E-state index in [2.05, 4.69) is 49.8 Å². The first-order valence-corrected chi connectivity index (χ1v) is 13.0. The van der Waals surface area contributed by atoms with Gasteiger partial charge in [0.15, 0.2) is 0 Å². The summed E-state index contributed by atoms with van der Waals surface area (Å²) in [5.74, 6) is 1.17. The number of amides is 1. The summed E-state index contributed by atoms with van der Waals surface area (Å²) in [7, 11) is 0. The van der Waals surface area contributed by atoms with Crippen molar-refractivity contribution in [3.8, 4) is 0 Å². The predicted octanol–water partition coefficient (Wildman–Crippen LogP) is 3.65. The number of aromatic nitrogens is 1. The quantitative estimate of drug-likeness (QED) is 0.541. The lowest BCUT2D eigenvalue weighted by Gasteiger charge is -2.35. The molecule has 2 N–H and O–H groups in total. The van der Waals surface area contributed by atoms with Crippen LogP contribution in [0.3, 0.4) is 0 Å². The molecule has 3 heterocycles. The first-order chi connectivity index (χ1) is 15.4. The zero-order valence-electron chi connectivity index (χ0n) is 17.7. The lowest BCUT2D eigenvalue weighted by Crippen LogP contribution is -2.47. The lowest BCUT2D eigenvalue weighted by molar-refractivity contribution is -0.115. The van der Waals surface area contributed by atoms with Crippen molar-refractivity contribution in [2.45, 2.75) is 12.8 Å². The fraction of sp³-hybridized carbons (Fsp3) is 0.364. The Labute approximate surface area is 198 Å². The maximum atomic E-state index is 11.6. The standard InChI is InChI=1S/C21H21ClN4OS.CH4O2S/c22-17-13-18-15(12-20(27)23-18)11-14(17)5-6-25-7-9-26(10-8-25)21-16-3-1-2-4-19(16)28-24-21;1-4(2)3/h1-4,11,13H,5-10,12H2,(H,23,27);1H3,(H,2,3). The van der Waals surface area contributed by atoms with Gasteiger partial charge in [-0.25, -0.2) is 4.21 Å². The highest BCUT2D eigenvalue weighted by atomic mass is 35.5. The smallest absolute Gasteiger partial charge is 0.228 e. The Balaban J connectivity index is 0.000000567. The Hall–Kier alpha value is -2.04. The van der Waals surface area contributed by atoms with Gasteiger partial charge in [-0.2, -0.15) is 4.37 Å². The first-order valence-electron chi connectivity index (χ1n) is 10.4. The minimum atomic E-state index is -1.61. The van der Waals surface area contributed by atoms with Gasteiger partial charge in [-0.3, -0.25) is 9.69 Å². The molecule has 2 aliphatic rings. The van der Waals surface area contributed by atoms with E-state index in [4.69, 9.17) is 20.4 Å². The molecule has 0 aliphatic carbocycles. The van der Waals surface area contributed by atoms with E-state index in [1.807, 2.05) is 6.07 Å². The topological polar surface area (TPSA) is 85.8 Å². The zero-order valence-corrected chi connectivity index (χ0v) is 20.1. The Morgan fingerprint density at radius 1 is 1.22 bits per heavy atom. The van der Waals surface area contributed by atoms with Gasteiger partial charge in [0.25, 0.3) is 0 Å². The average Bonchev–Trinajstić information content (AvgIpc) is 3.34. The molecule has 1 unspecified atom stereocenters. The number of rotatable bonds is 4. The van der Waals surface area contributed by atoms with E-state index < -0.39 is 11.1 Å². The van der Waals surface area contributed by atoms with Gasteiger partial charge in [0.2, 0.25) is 5.91 Å². The highest BCUT2D eigenvalue weighted by molar-refractivity contribution is 7.78. The third-order valence-corrected chi connectivity index (χ3v) is 6.79. The third-order valence-electron chi connectivity index (χ3n) is 5.62. The molecular formula is C22H25ClN4O3S2. The van der Waals surface area contributed by atoms with Crippen molar-refractivity contribution >= 4 is 61.7 Å². The molecule has 170 valence electrons. The number of fused-ring (bicyclic) bond motifs is 2. The lowest BCUT2D eigenvalue weighted by atomic mass is 10.1.